The van der Waals surface area contributed by atoms with Gasteiger partial charge >= 0.3 is 0 Å². The second-order valence-corrected chi connectivity index (χ2v) is 4.12. The van der Waals surface area contributed by atoms with Gasteiger partial charge in [0.25, 0.3) is 0 Å². The highest BCUT2D eigenvalue weighted by Crippen LogP contribution is 2.11. The lowest BCUT2D eigenvalue weighted by molar-refractivity contribution is 0.535. The zero-order chi connectivity index (χ0) is 9.68. The van der Waals surface area contributed by atoms with E-state index < -0.39 is 0 Å². The fourth-order valence-corrected chi connectivity index (χ4v) is 2.03. The second kappa shape index (κ2) is 5.17. The molecule has 3 nitrogen and oxygen atoms in total. The number of anilines is 1. The molecule has 4 heteroatoms. The molecular weight excluding hydrogens is 182 g/mol. The molecule has 0 aliphatic heterocycles. The third-order valence-electron chi connectivity index (χ3n) is 1.90. The monoisotopic (exact) mass is 199 g/mol. The molecule has 1 heterocycles. The quantitative estimate of drug-likeness (QED) is 0.786. The highest BCUT2D eigenvalue weighted by Gasteiger charge is 2.05. The molecule has 1 N–H and O–H groups in total. The van der Waals surface area contributed by atoms with Crippen molar-refractivity contribution in [1.29, 1.82) is 0 Å². The van der Waals surface area contributed by atoms with Crippen LogP contribution in [0.5, 0.6) is 0 Å². The number of nitrogens with one attached hydrogen (secondary N) is 1. The molecule has 1 aromatic rings. The van der Waals surface area contributed by atoms with E-state index in [2.05, 4.69) is 28.0 Å². The summed E-state index contributed by atoms with van der Waals surface area (Å²) in [6.07, 6.45) is 5.99. The van der Waals surface area contributed by atoms with Crippen molar-refractivity contribution in [1.82, 2.24) is 9.55 Å². The predicted octanol–water partition coefficient (Wildman–Crippen LogP) is 1.92. The third kappa shape index (κ3) is 2.95. The largest absolute Gasteiger partial charge is 0.359 e. The van der Waals surface area contributed by atoms with Gasteiger partial charge in [0.1, 0.15) is 0 Å². The lowest BCUT2D eigenvalue weighted by atomic mass is 10.2. The van der Waals surface area contributed by atoms with Crippen LogP contribution >= 0.6 is 11.8 Å². The van der Waals surface area contributed by atoms with E-state index in [1.165, 1.54) is 5.75 Å². The maximum absolute atomic E-state index is 4.19. The fraction of sp³-hybridized carbons (Fsp3) is 0.667. The lowest BCUT2D eigenvalue weighted by Gasteiger charge is -2.12. The summed E-state index contributed by atoms with van der Waals surface area (Å²) in [5, 5.41) is 3.07. The van der Waals surface area contributed by atoms with E-state index in [0.717, 1.165) is 12.5 Å². The summed E-state index contributed by atoms with van der Waals surface area (Å²) in [5.74, 6) is 2.84. The van der Waals surface area contributed by atoms with Gasteiger partial charge < -0.3 is 9.88 Å². The third-order valence-corrected chi connectivity index (χ3v) is 2.80. The first-order valence-corrected chi connectivity index (χ1v) is 5.85. The lowest BCUT2D eigenvalue weighted by Crippen LogP contribution is -2.11. The summed E-state index contributed by atoms with van der Waals surface area (Å²) in [5.41, 5.74) is 0. The summed E-state index contributed by atoms with van der Waals surface area (Å²) in [6, 6.07) is 0. The summed E-state index contributed by atoms with van der Waals surface area (Å²) in [4.78, 5) is 4.19. The van der Waals surface area contributed by atoms with Gasteiger partial charge in [-0.2, -0.15) is 11.8 Å². The molecule has 0 aromatic carbocycles. The highest BCUT2D eigenvalue weighted by molar-refractivity contribution is 7.98. The summed E-state index contributed by atoms with van der Waals surface area (Å²) >= 11 is 1.89. The SMILES string of the molecule is CNc1nccn1CC(C)CSC. The van der Waals surface area contributed by atoms with E-state index in [9.17, 15) is 0 Å². The average molecular weight is 199 g/mol. The van der Waals surface area contributed by atoms with Crippen molar-refractivity contribution in [3.05, 3.63) is 12.4 Å². The molecule has 1 unspecified atom stereocenters. The minimum absolute atomic E-state index is 0.691. The van der Waals surface area contributed by atoms with Crippen LogP contribution in [0.15, 0.2) is 12.4 Å². The van der Waals surface area contributed by atoms with Crippen molar-refractivity contribution in [2.45, 2.75) is 13.5 Å². The minimum atomic E-state index is 0.691. The molecule has 1 rings (SSSR count). The summed E-state index contributed by atoms with van der Waals surface area (Å²) in [6.45, 7) is 3.30. The van der Waals surface area contributed by atoms with Crippen molar-refractivity contribution in [3.8, 4) is 0 Å². The predicted molar refractivity (Wildman–Crippen MR) is 59.3 cm³/mol. The summed E-state index contributed by atoms with van der Waals surface area (Å²) in [7, 11) is 1.90. The standard InChI is InChI=1S/C9H17N3S/c1-8(7-13-3)6-12-5-4-11-9(12)10-2/h4-5,8H,6-7H2,1-3H3,(H,10,11). The van der Waals surface area contributed by atoms with Crippen molar-refractivity contribution < 1.29 is 0 Å². The molecule has 0 amide bonds. The topological polar surface area (TPSA) is 29.9 Å². The molecule has 0 saturated carbocycles. The molecular formula is C9H17N3S. The Balaban J connectivity index is 2.52. The van der Waals surface area contributed by atoms with Crippen molar-refractivity contribution in [2.75, 3.05) is 24.4 Å². The zero-order valence-electron chi connectivity index (χ0n) is 8.45. The van der Waals surface area contributed by atoms with Gasteiger partial charge in [0.05, 0.1) is 0 Å². The molecule has 0 aliphatic rings. The van der Waals surface area contributed by atoms with Crippen molar-refractivity contribution in [2.24, 2.45) is 5.92 Å². The first-order chi connectivity index (χ1) is 6.27. The van der Waals surface area contributed by atoms with Gasteiger partial charge in [-0.1, -0.05) is 6.92 Å². The summed E-state index contributed by atoms with van der Waals surface area (Å²) < 4.78 is 2.15. The van der Waals surface area contributed by atoms with Crippen molar-refractivity contribution in [3.63, 3.8) is 0 Å². The van der Waals surface area contributed by atoms with E-state index in [-0.39, 0.29) is 0 Å². The molecule has 0 radical (unpaired) electrons. The molecule has 1 atom stereocenters. The molecule has 74 valence electrons. The van der Waals surface area contributed by atoms with Gasteiger partial charge in [-0.05, 0) is 17.9 Å². The Bertz CT molecular complexity index is 247. The smallest absolute Gasteiger partial charge is 0.202 e. The number of imidazole rings is 1. The van der Waals surface area contributed by atoms with Crippen molar-refractivity contribution >= 4 is 17.7 Å². The molecule has 0 saturated heterocycles. The van der Waals surface area contributed by atoms with Crippen LogP contribution in [0.2, 0.25) is 0 Å². The number of thioether (sulfide) groups is 1. The molecule has 13 heavy (non-hydrogen) atoms. The van der Waals surface area contributed by atoms with E-state index in [1.54, 1.807) is 0 Å². The van der Waals surface area contributed by atoms with Crippen LogP contribution in [0.25, 0.3) is 0 Å². The average Bonchev–Trinajstić information content (AvgIpc) is 2.52. The van der Waals surface area contributed by atoms with Gasteiger partial charge in [-0.25, -0.2) is 4.98 Å². The molecule has 0 spiro atoms. The Hall–Kier alpha value is -0.640. The maximum atomic E-state index is 4.19. The Labute approximate surface area is 83.9 Å². The Morgan fingerprint density at radius 3 is 3.08 bits per heavy atom. The molecule has 0 fully saturated rings. The highest BCUT2D eigenvalue weighted by atomic mass is 32.2. The number of hydrogen-bond acceptors (Lipinski definition) is 3. The van der Waals surface area contributed by atoms with Crippen LogP contribution in [0.3, 0.4) is 0 Å². The first kappa shape index (κ1) is 10.4. The van der Waals surface area contributed by atoms with Crippen LogP contribution in [-0.4, -0.2) is 28.6 Å². The van der Waals surface area contributed by atoms with Gasteiger partial charge in [0, 0.05) is 26.0 Å². The number of rotatable bonds is 5. The number of hydrogen-bond donors (Lipinski definition) is 1. The Morgan fingerprint density at radius 1 is 1.69 bits per heavy atom. The van der Waals surface area contributed by atoms with Gasteiger partial charge in [0.2, 0.25) is 5.95 Å². The fourth-order valence-electron chi connectivity index (χ4n) is 1.36. The molecule has 1 aromatic heterocycles. The van der Waals surface area contributed by atoms with Crippen LogP contribution < -0.4 is 5.32 Å². The van der Waals surface area contributed by atoms with Gasteiger partial charge in [-0.15, -0.1) is 0 Å². The number of aromatic nitrogens is 2. The zero-order valence-corrected chi connectivity index (χ0v) is 9.27. The Morgan fingerprint density at radius 2 is 2.46 bits per heavy atom. The van der Waals surface area contributed by atoms with Gasteiger partial charge in [-0.3, -0.25) is 0 Å². The first-order valence-electron chi connectivity index (χ1n) is 4.45. The maximum Gasteiger partial charge on any atom is 0.202 e. The second-order valence-electron chi connectivity index (χ2n) is 3.21. The van der Waals surface area contributed by atoms with Crippen LogP contribution in [0.1, 0.15) is 6.92 Å². The van der Waals surface area contributed by atoms with E-state index >= 15 is 0 Å². The van der Waals surface area contributed by atoms with E-state index in [1.807, 2.05) is 31.2 Å². The molecule has 0 bridgehead atoms. The normalized spacial score (nSPS) is 12.8. The van der Waals surface area contributed by atoms with E-state index in [4.69, 9.17) is 0 Å². The van der Waals surface area contributed by atoms with Gasteiger partial charge in [0.15, 0.2) is 0 Å². The van der Waals surface area contributed by atoms with Crippen LogP contribution in [0.4, 0.5) is 5.95 Å². The van der Waals surface area contributed by atoms with Crippen LogP contribution in [0, 0.1) is 5.92 Å². The minimum Gasteiger partial charge on any atom is -0.359 e. The molecule has 0 aliphatic carbocycles. The van der Waals surface area contributed by atoms with E-state index in [0.29, 0.717) is 5.92 Å². The Kier molecular flexibility index (Phi) is 4.15. The number of nitrogens with zero attached hydrogens (tertiary/aromatic N) is 2. The van der Waals surface area contributed by atoms with Crippen LogP contribution in [-0.2, 0) is 6.54 Å².